The monoisotopic (exact) mass is 278 g/mol. The van der Waals surface area contributed by atoms with Crippen molar-refractivity contribution >= 4 is 11.6 Å². The van der Waals surface area contributed by atoms with Gasteiger partial charge < -0.3 is 20.1 Å². The number of ether oxygens (including phenoxy) is 2. The summed E-state index contributed by atoms with van der Waals surface area (Å²) >= 11 is 0. The summed E-state index contributed by atoms with van der Waals surface area (Å²) in [5.74, 6) is 0.718. The van der Waals surface area contributed by atoms with E-state index in [1.54, 1.807) is 7.11 Å². The molecule has 1 aromatic rings. The lowest BCUT2D eigenvalue weighted by Gasteiger charge is -2.34. The average molecular weight is 278 g/mol. The van der Waals surface area contributed by atoms with Gasteiger partial charge in [0.15, 0.2) is 0 Å². The van der Waals surface area contributed by atoms with E-state index >= 15 is 0 Å². The van der Waals surface area contributed by atoms with E-state index in [1.807, 2.05) is 24.3 Å². The number of hydrogen-bond acceptors (Lipinski definition) is 4. The molecule has 110 valence electrons. The van der Waals surface area contributed by atoms with Crippen LogP contribution in [0, 0.1) is 0 Å². The number of carbonyl (C=O) groups is 1. The third kappa shape index (κ3) is 4.21. The molecule has 1 aliphatic heterocycles. The van der Waals surface area contributed by atoms with E-state index in [2.05, 4.69) is 17.6 Å². The van der Waals surface area contributed by atoms with Crippen molar-refractivity contribution in [1.29, 1.82) is 0 Å². The minimum Gasteiger partial charge on any atom is -0.497 e. The fourth-order valence-electron chi connectivity index (χ4n) is 2.25. The van der Waals surface area contributed by atoms with Crippen LogP contribution >= 0.6 is 0 Å². The van der Waals surface area contributed by atoms with E-state index in [4.69, 9.17) is 9.47 Å². The second-order valence-electron chi connectivity index (χ2n) is 5.35. The van der Waals surface area contributed by atoms with Crippen molar-refractivity contribution in [3.8, 4) is 5.75 Å². The zero-order valence-electron chi connectivity index (χ0n) is 12.1. The Morgan fingerprint density at radius 2 is 2.15 bits per heavy atom. The minimum atomic E-state index is -0.102. The van der Waals surface area contributed by atoms with Gasteiger partial charge in [0.25, 0.3) is 0 Å². The zero-order chi connectivity index (χ0) is 14.4. The molecule has 0 aliphatic carbocycles. The Kier molecular flexibility index (Phi) is 4.98. The van der Waals surface area contributed by atoms with Gasteiger partial charge in [-0.3, -0.25) is 4.79 Å². The molecule has 0 radical (unpaired) electrons. The zero-order valence-corrected chi connectivity index (χ0v) is 12.1. The highest BCUT2D eigenvalue weighted by Crippen LogP contribution is 2.18. The van der Waals surface area contributed by atoms with Gasteiger partial charge in [0.1, 0.15) is 5.75 Å². The van der Waals surface area contributed by atoms with Gasteiger partial charge in [-0.2, -0.15) is 0 Å². The topological polar surface area (TPSA) is 59.6 Å². The van der Waals surface area contributed by atoms with Gasteiger partial charge in [-0.1, -0.05) is 0 Å². The summed E-state index contributed by atoms with van der Waals surface area (Å²) in [7, 11) is 1.62. The first-order chi connectivity index (χ1) is 9.61. The summed E-state index contributed by atoms with van der Waals surface area (Å²) in [6.45, 7) is 3.84. The average Bonchev–Trinajstić information content (AvgIpc) is 2.47. The third-order valence-electron chi connectivity index (χ3n) is 3.49. The van der Waals surface area contributed by atoms with Gasteiger partial charge in [0, 0.05) is 17.8 Å². The molecular formula is C15H22N2O3. The second-order valence-corrected chi connectivity index (χ2v) is 5.35. The molecule has 1 heterocycles. The maximum absolute atomic E-state index is 11.9. The summed E-state index contributed by atoms with van der Waals surface area (Å²) in [6, 6.07) is 7.28. The van der Waals surface area contributed by atoms with E-state index in [0.29, 0.717) is 6.61 Å². The van der Waals surface area contributed by atoms with Crippen molar-refractivity contribution in [1.82, 2.24) is 5.32 Å². The molecule has 1 fully saturated rings. The minimum absolute atomic E-state index is 0.0537. The van der Waals surface area contributed by atoms with E-state index in [0.717, 1.165) is 30.9 Å². The highest BCUT2D eigenvalue weighted by atomic mass is 16.5. The Morgan fingerprint density at radius 3 is 2.75 bits per heavy atom. The summed E-state index contributed by atoms with van der Waals surface area (Å²) < 4.78 is 10.5. The lowest BCUT2D eigenvalue weighted by Crippen LogP contribution is -2.51. The molecule has 1 amide bonds. The lowest BCUT2D eigenvalue weighted by atomic mass is 9.95. The van der Waals surface area contributed by atoms with Gasteiger partial charge in [-0.05, 0) is 44.0 Å². The summed E-state index contributed by atoms with van der Waals surface area (Å²) in [4.78, 5) is 11.9. The number of amides is 1. The van der Waals surface area contributed by atoms with Crippen molar-refractivity contribution in [2.45, 2.75) is 25.3 Å². The molecule has 1 unspecified atom stereocenters. The highest BCUT2D eigenvalue weighted by Gasteiger charge is 2.27. The number of anilines is 1. The summed E-state index contributed by atoms with van der Waals surface area (Å²) in [5, 5.41) is 6.13. The fourth-order valence-corrected chi connectivity index (χ4v) is 2.25. The third-order valence-corrected chi connectivity index (χ3v) is 3.49. The molecule has 0 saturated carbocycles. The van der Waals surface area contributed by atoms with Crippen LogP contribution in [0.3, 0.4) is 0 Å². The standard InChI is InChI=1S/C15H22N2O3/c1-15(8-3-9-20-11-15)16-10-14(18)17-12-4-6-13(19-2)7-5-12/h4-7,16H,3,8-11H2,1-2H3,(H,17,18). The number of nitrogens with one attached hydrogen (secondary N) is 2. The molecule has 1 aromatic carbocycles. The largest absolute Gasteiger partial charge is 0.497 e. The molecule has 2 rings (SSSR count). The first kappa shape index (κ1) is 14.8. The van der Waals surface area contributed by atoms with Crippen molar-refractivity contribution < 1.29 is 14.3 Å². The first-order valence-electron chi connectivity index (χ1n) is 6.88. The number of carbonyl (C=O) groups excluding carboxylic acids is 1. The lowest BCUT2D eigenvalue weighted by molar-refractivity contribution is -0.116. The number of benzene rings is 1. The van der Waals surface area contributed by atoms with Crippen LogP contribution < -0.4 is 15.4 Å². The number of methoxy groups -OCH3 is 1. The molecule has 1 aliphatic rings. The van der Waals surface area contributed by atoms with Crippen LogP contribution in [0.25, 0.3) is 0 Å². The van der Waals surface area contributed by atoms with Crippen molar-refractivity contribution in [2.24, 2.45) is 0 Å². The van der Waals surface area contributed by atoms with Gasteiger partial charge >= 0.3 is 0 Å². The van der Waals surface area contributed by atoms with E-state index in [9.17, 15) is 4.79 Å². The van der Waals surface area contributed by atoms with Gasteiger partial charge in [0.2, 0.25) is 5.91 Å². The van der Waals surface area contributed by atoms with Gasteiger partial charge in [-0.25, -0.2) is 0 Å². The summed E-state index contributed by atoms with van der Waals surface area (Å²) in [6.07, 6.45) is 2.06. The van der Waals surface area contributed by atoms with E-state index < -0.39 is 0 Å². The van der Waals surface area contributed by atoms with E-state index in [-0.39, 0.29) is 18.0 Å². The van der Waals surface area contributed by atoms with Gasteiger partial charge in [0.05, 0.1) is 20.3 Å². The Balaban J connectivity index is 1.79. The van der Waals surface area contributed by atoms with Crippen LogP contribution in [0.1, 0.15) is 19.8 Å². The van der Waals surface area contributed by atoms with Crippen LogP contribution in [0.15, 0.2) is 24.3 Å². The molecule has 0 spiro atoms. The maximum atomic E-state index is 11.9. The molecular weight excluding hydrogens is 256 g/mol. The normalized spacial score (nSPS) is 22.3. The Bertz CT molecular complexity index is 439. The van der Waals surface area contributed by atoms with Gasteiger partial charge in [-0.15, -0.1) is 0 Å². The Labute approximate surface area is 119 Å². The predicted octanol–water partition coefficient (Wildman–Crippen LogP) is 1.79. The van der Waals surface area contributed by atoms with Crippen LogP contribution in [0.4, 0.5) is 5.69 Å². The van der Waals surface area contributed by atoms with Crippen LogP contribution in [0.5, 0.6) is 5.75 Å². The molecule has 2 N–H and O–H groups in total. The number of rotatable bonds is 5. The van der Waals surface area contributed by atoms with Crippen molar-refractivity contribution in [3.05, 3.63) is 24.3 Å². The first-order valence-corrected chi connectivity index (χ1v) is 6.88. The van der Waals surface area contributed by atoms with E-state index in [1.165, 1.54) is 0 Å². The SMILES string of the molecule is COc1ccc(NC(=O)CNC2(C)CCCOC2)cc1. The molecule has 0 bridgehead atoms. The second kappa shape index (κ2) is 6.72. The molecule has 5 nitrogen and oxygen atoms in total. The molecule has 0 aromatic heterocycles. The Hall–Kier alpha value is -1.59. The quantitative estimate of drug-likeness (QED) is 0.862. The number of hydrogen-bond donors (Lipinski definition) is 2. The smallest absolute Gasteiger partial charge is 0.238 e. The highest BCUT2D eigenvalue weighted by molar-refractivity contribution is 5.92. The molecule has 20 heavy (non-hydrogen) atoms. The molecule has 1 saturated heterocycles. The maximum Gasteiger partial charge on any atom is 0.238 e. The van der Waals surface area contributed by atoms with Crippen molar-refractivity contribution in [3.63, 3.8) is 0 Å². The predicted molar refractivity (Wildman–Crippen MR) is 78.1 cm³/mol. The fraction of sp³-hybridized carbons (Fsp3) is 0.533. The van der Waals surface area contributed by atoms with Crippen LogP contribution in [-0.4, -0.2) is 38.3 Å². The van der Waals surface area contributed by atoms with Crippen LogP contribution in [0.2, 0.25) is 0 Å². The van der Waals surface area contributed by atoms with Crippen LogP contribution in [-0.2, 0) is 9.53 Å². The molecule has 1 atom stereocenters. The molecule has 5 heteroatoms. The Morgan fingerprint density at radius 1 is 1.40 bits per heavy atom. The summed E-state index contributed by atoms with van der Waals surface area (Å²) in [5.41, 5.74) is 0.665. The van der Waals surface area contributed by atoms with Crippen molar-refractivity contribution in [2.75, 3.05) is 32.2 Å².